The van der Waals surface area contributed by atoms with Gasteiger partial charge in [0, 0.05) is 24.9 Å². The minimum absolute atomic E-state index is 0.0559. The lowest BCUT2D eigenvalue weighted by Gasteiger charge is -2.25. The molecule has 0 bridgehead atoms. The van der Waals surface area contributed by atoms with Crippen molar-refractivity contribution in [1.29, 1.82) is 0 Å². The fourth-order valence-electron chi connectivity index (χ4n) is 1.12. The summed E-state index contributed by atoms with van der Waals surface area (Å²) in [4.78, 5) is 7.95. The Kier molecular flexibility index (Phi) is 3.98. The number of hydrogen-bond acceptors (Lipinski definition) is 4. The minimum Gasteiger partial charge on any atom is -0.396 e. The van der Waals surface area contributed by atoms with Gasteiger partial charge in [-0.2, -0.15) is 0 Å². The molecule has 4 heteroatoms. The number of aliphatic hydroxyl groups excluding tert-OH is 1. The number of nitrogens with zero attached hydrogens (tertiary/aromatic N) is 2. The number of hydrogen-bond donors (Lipinski definition) is 2. The van der Waals surface area contributed by atoms with Crippen molar-refractivity contribution in [2.24, 2.45) is 0 Å². The van der Waals surface area contributed by atoms with Gasteiger partial charge in [0.05, 0.1) is 5.69 Å². The molecule has 0 atom stereocenters. The zero-order valence-electron chi connectivity index (χ0n) is 8.70. The van der Waals surface area contributed by atoms with Crippen LogP contribution in [0.5, 0.6) is 0 Å². The fraction of sp³-hybridized carbons (Fsp3) is 0.600. The SMILES string of the molecule is CC(C)(CCO)NCc1ccncn1. The van der Waals surface area contributed by atoms with Crippen molar-refractivity contribution in [3.8, 4) is 0 Å². The van der Waals surface area contributed by atoms with Crippen molar-refractivity contribution >= 4 is 0 Å². The summed E-state index contributed by atoms with van der Waals surface area (Å²) < 4.78 is 0. The topological polar surface area (TPSA) is 58.0 Å². The van der Waals surface area contributed by atoms with Gasteiger partial charge < -0.3 is 10.4 Å². The molecule has 4 nitrogen and oxygen atoms in total. The summed E-state index contributed by atoms with van der Waals surface area (Å²) in [6.45, 7) is 5.02. The Balaban J connectivity index is 2.40. The van der Waals surface area contributed by atoms with Gasteiger partial charge in [0.2, 0.25) is 0 Å². The summed E-state index contributed by atoms with van der Waals surface area (Å²) in [5.41, 5.74) is 0.908. The Labute approximate surface area is 84.4 Å². The van der Waals surface area contributed by atoms with Crippen molar-refractivity contribution in [2.75, 3.05) is 6.61 Å². The summed E-state index contributed by atoms with van der Waals surface area (Å²) in [6.07, 6.45) is 4.00. The third kappa shape index (κ3) is 3.81. The van der Waals surface area contributed by atoms with E-state index in [9.17, 15) is 0 Å². The molecule has 0 aromatic carbocycles. The summed E-state index contributed by atoms with van der Waals surface area (Å²) >= 11 is 0. The highest BCUT2D eigenvalue weighted by molar-refractivity contribution is 4.98. The van der Waals surface area contributed by atoms with E-state index in [0.717, 1.165) is 12.1 Å². The third-order valence-corrected chi connectivity index (χ3v) is 2.13. The van der Waals surface area contributed by atoms with Crippen molar-refractivity contribution in [3.63, 3.8) is 0 Å². The predicted molar refractivity (Wildman–Crippen MR) is 54.7 cm³/mol. The molecular formula is C10H17N3O. The maximum absolute atomic E-state index is 8.83. The van der Waals surface area contributed by atoms with E-state index in [1.165, 1.54) is 6.33 Å². The van der Waals surface area contributed by atoms with Gasteiger partial charge in [-0.3, -0.25) is 0 Å². The van der Waals surface area contributed by atoms with Gasteiger partial charge in [-0.25, -0.2) is 9.97 Å². The number of aliphatic hydroxyl groups is 1. The van der Waals surface area contributed by atoms with Crippen molar-refractivity contribution in [2.45, 2.75) is 32.4 Å². The van der Waals surface area contributed by atoms with Crippen LogP contribution in [0.25, 0.3) is 0 Å². The molecule has 2 N–H and O–H groups in total. The van der Waals surface area contributed by atoms with Crippen LogP contribution in [0.1, 0.15) is 26.0 Å². The van der Waals surface area contributed by atoms with Crippen LogP contribution in [-0.4, -0.2) is 27.2 Å². The van der Waals surface area contributed by atoms with Crippen LogP contribution < -0.4 is 5.32 Å². The Hall–Kier alpha value is -1.00. The van der Waals surface area contributed by atoms with E-state index in [1.54, 1.807) is 6.20 Å². The van der Waals surface area contributed by atoms with Gasteiger partial charge in [-0.05, 0) is 26.3 Å². The van der Waals surface area contributed by atoms with E-state index in [1.807, 2.05) is 6.07 Å². The second kappa shape index (κ2) is 5.02. The first-order chi connectivity index (χ1) is 6.64. The maximum atomic E-state index is 8.83. The first kappa shape index (κ1) is 11.1. The van der Waals surface area contributed by atoms with Gasteiger partial charge in [-0.15, -0.1) is 0 Å². The van der Waals surface area contributed by atoms with E-state index in [4.69, 9.17) is 5.11 Å². The van der Waals surface area contributed by atoms with Crippen molar-refractivity contribution in [3.05, 3.63) is 24.3 Å². The first-order valence-corrected chi connectivity index (χ1v) is 4.75. The average molecular weight is 195 g/mol. The van der Waals surface area contributed by atoms with Gasteiger partial charge in [0.25, 0.3) is 0 Å². The molecule has 0 aliphatic heterocycles. The monoisotopic (exact) mass is 195 g/mol. The van der Waals surface area contributed by atoms with Crippen molar-refractivity contribution < 1.29 is 5.11 Å². The second-order valence-corrected chi connectivity index (χ2v) is 3.91. The molecular weight excluding hydrogens is 178 g/mol. The number of rotatable bonds is 5. The normalized spacial score (nSPS) is 11.6. The lowest BCUT2D eigenvalue weighted by Crippen LogP contribution is -2.39. The third-order valence-electron chi connectivity index (χ3n) is 2.13. The van der Waals surface area contributed by atoms with E-state index in [-0.39, 0.29) is 12.1 Å². The number of aromatic nitrogens is 2. The molecule has 0 saturated carbocycles. The average Bonchev–Trinajstić information content (AvgIpc) is 2.17. The van der Waals surface area contributed by atoms with Gasteiger partial charge >= 0.3 is 0 Å². The molecule has 0 aliphatic carbocycles. The molecule has 0 amide bonds. The minimum atomic E-state index is -0.0559. The Morgan fingerprint density at radius 1 is 1.50 bits per heavy atom. The highest BCUT2D eigenvalue weighted by Gasteiger charge is 2.15. The Morgan fingerprint density at radius 2 is 2.29 bits per heavy atom. The smallest absolute Gasteiger partial charge is 0.115 e. The van der Waals surface area contributed by atoms with Crippen LogP contribution in [0.3, 0.4) is 0 Å². The van der Waals surface area contributed by atoms with Crippen LogP contribution in [0, 0.1) is 0 Å². The van der Waals surface area contributed by atoms with Crippen LogP contribution in [-0.2, 0) is 6.54 Å². The molecule has 1 rings (SSSR count). The summed E-state index contributed by atoms with van der Waals surface area (Å²) in [6, 6.07) is 1.88. The van der Waals surface area contributed by atoms with E-state index >= 15 is 0 Å². The van der Waals surface area contributed by atoms with E-state index in [0.29, 0.717) is 6.54 Å². The van der Waals surface area contributed by atoms with Crippen molar-refractivity contribution in [1.82, 2.24) is 15.3 Å². The van der Waals surface area contributed by atoms with Gasteiger partial charge in [0.1, 0.15) is 6.33 Å². The molecule has 78 valence electrons. The summed E-state index contributed by atoms with van der Waals surface area (Å²) in [5, 5.41) is 12.2. The molecule has 0 fully saturated rings. The lowest BCUT2D eigenvalue weighted by molar-refractivity contribution is 0.229. The Bertz CT molecular complexity index is 261. The Morgan fingerprint density at radius 3 is 2.86 bits per heavy atom. The van der Waals surface area contributed by atoms with Crippen LogP contribution in [0.15, 0.2) is 18.6 Å². The highest BCUT2D eigenvalue weighted by atomic mass is 16.3. The molecule has 1 heterocycles. The van der Waals surface area contributed by atoms with Gasteiger partial charge in [0.15, 0.2) is 0 Å². The van der Waals surface area contributed by atoms with E-state index < -0.39 is 0 Å². The van der Waals surface area contributed by atoms with E-state index in [2.05, 4.69) is 29.1 Å². The maximum Gasteiger partial charge on any atom is 0.115 e. The quantitative estimate of drug-likeness (QED) is 0.727. The molecule has 1 aromatic heterocycles. The molecule has 0 unspecified atom stereocenters. The molecule has 14 heavy (non-hydrogen) atoms. The van der Waals surface area contributed by atoms with Crippen LogP contribution in [0.4, 0.5) is 0 Å². The summed E-state index contributed by atoms with van der Waals surface area (Å²) in [7, 11) is 0. The van der Waals surface area contributed by atoms with Crippen LogP contribution in [0.2, 0.25) is 0 Å². The zero-order chi connectivity index (χ0) is 10.4. The molecule has 0 radical (unpaired) electrons. The second-order valence-electron chi connectivity index (χ2n) is 3.91. The van der Waals surface area contributed by atoms with Gasteiger partial charge in [-0.1, -0.05) is 0 Å². The lowest BCUT2D eigenvalue weighted by atomic mass is 10.0. The largest absolute Gasteiger partial charge is 0.396 e. The number of nitrogens with one attached hydrogen (secondary N) is 1. The standard InChI is InChI=1S/C10H17N3O/c1-10(2,4-6-14)13-7-9-3-5-11-8-12-9/h3,5,8,13-14H,4,6-7H2,1-2H3. The zero-order valence-corrected chi connectivity index (χ0v) is 8.70. The molecule has 0 saturated heterocycles. The first-order valence-electron chi connectivity index (χ1n) is 4.75. The summed E-state index contributed by atoms with van der Waals surface area (Å²) in [5.74, 6) is 0. The predicted octanol–water partition coefficient (Wildman–Crippen LogP) is 0.727. The molecule has 0 aliphatic rings. The molecule has 0 spiro atoms. The molecule has 1 aromatic rings. The fourth-order valence-corrected chi connectivity index (χ4v) is 1.12. The highest BCUT2D eigenvalue weighted by Crippen LogP contribution is 2.07. The van der Waals surface area contributed by atoms with Crippen LogP contribution >= 0.6 is 0 Å².